The summed E-state index contributed by atoms with van der Waals surface area (Å²) in [5.74, 6) is 1.65. The number of thioether (sulfide) groups is 1. The molecule has 1 aliphatic carbocycles. The number of benzene rings is 2. The summed E-state index contributed by atoms with van der Waals surface area (Å²) in [7, 11) is 0. The molecule has 0 amide bonds. The van der Waals surface area contributed by atoms with E-state index < -0.39 is 0 Å². The van der Waals surface area contributed by atoms with E-state index in [1.165, 1.54) is 35.3 Å². The molecule has 1 unspecified atom stereocenters. The molecule has 0 heterocycles. The van der Waals surface area contributed by atoms with E-state index in [1.54, 1.807) is 11.8 Å². The van der Waals surface area contributed by atoms with Gasteiger partial charge in [0, 0.05) is 21.7 Å². The van der Waals surface area contributed by atoms with Gasteiger partial charge in [0.15, 0.2) is 0 Å². The average molecular weight is 318 g/mol. The van der Waals surface area contributed by atoms with Gasteiger partial charge in [-0.25, -0.2) is 0 Å². The minimum absolute atomic E-state index is 0.0597. The number of halogens is 1. The highest BCUT2D eigenvalue weighted by Crippen LogP contribution is 2.36. The van der Waals surface area contributed by atoms with Crippen LogP contribution in [0.4, 0.5) is 0 Å². The van der Waals surface area contributed by atoms with Gasteiger partial charge in [0.1, 0.15) is 0 Å². The highest BCUT2D eigenvalue weighted by atomic mass is 35.5. The largest absolute Gasteiger partial charge is 0.323 e. The van der Waals surface area contributed by atoms with Crippen LogP contribution in [0.2, 0.25) is 5.02 Å². The summed E-state index contributed by atoms with van der Waals surface area (Å²) in [6.45, 7) is 0. The Labute approximate surface area is 135 Å². The second-order valence-corrected chi connectivity index (χ2v) is 7.20. The predicted molar refractivity (Wildman–Crippen MR) is 92.1 cm³/mol. The maximum absolute atomic E-state index is 6.30. The molecular formula is C18H20ClNS. The maximum atomic E-state index is 6.30. The Balaban J connectivity index is 1.58. The monoisotopic (exact) mass is 317 g/mol. The minimum Gasteiger partial charge on any atom is -0.323 e. The molecule has 21 heavy (non-hydrogen) atoms. The van der Waals surface area contributed by atoms with Gasteiger partial charge in [0.2, 0.25) is 0 Å². The second-order valence-electron chi connectivity index (χ2n) is 5.67. The zero-order chi connectivity index (χ0) is 14.7. The Morgan fingerprint density at radius 1 is 1.14 bits per heavy atom. The van der Waals surface area contributed by atoms with Crippen molar-refractivity contribution in [1.29, 1.82) is 0 Å². The van der Waals surface area contributed by atoms with Crippen LogP contribution in [0.25, 0.3) is 0 Å². The van der Waals surface area contributed by atoms with E-state index in [0.717, 1.165) is 16.7 Å². The van der Waals surface area contributed by atoms with Crippen molar-refractivity contribution in [3.05, 3.63) is 64.7 Å². The predicted octanol–water partition coefficient (Wildman–Crippen LogP) is 5.40. The van der Waals surface area contributed by atoms with Crippen molar-refractivity contribution in [2.24, 2.45) is 5.73 Å². The summed E-state index contributed by atoms with van der Waals surface area (Å²) >= 11 is 7.75. The van der Waals surface area contributed by atoms with Crippen molar-refractivity contribution in [3.63, 3.8) is 0 Å². The quantitative estimate of drug-likeness (QED) is 0.747. The van der Waals surface area contributed by atoms with E-state index in [4.69, 9.17) is 17.3 Å². The zero-order valence-electron chi connectivity index (χ0n) is 12.0. The first-order valence-corrected chi connectivity index (χ1v) is 8.82. The molecule has 0 bridgehead atoms. The first-order valence-electron chi connectivity index (χ1n) is 7.46. The highest BCUT2D eigenvalue weighted by molar-refractivity contribution is 7.99. The van der Waals surface area contributed by atoms with Crippen molar-refractivity contribution in [3.8, 4) is 0 Å². The first-order chi connectivity index (χ1) is 10.2. The fraction of sp³-hybridized carbons (Fsp3) is 0.333. The molecule has 110 valence electrons. The number of nitrogens with two attached hydrogens (primary N) is 1. The molecule has 0 spiro atoms. The summed E-state index contributed by atoms with van der Waals surface area (Å²) in [5, 5.41) is 0.776. The third-order valence-corrected chi connectivity index (χ3v) is 5.51. The van der Waals surface area contributed by atoms with Crippen molar-refractivity contribution in [2.75, 3.05) is 5.75 Å². The summed E-state index contributed by atoms with van der Waals surface area (Å²) < 4.78 is 0. The van der Waals surface area contributed by atoms with Crippen LogP contribution in [-0.2, 0) is 0 Å². The van der Waals surface area contributed by atoms with Crippen LogP contribution in [0, 0.1) is 0 Å². The second kappa shape index (κ2) is 6.87. The lowest BCUT2D eigenvalue weighted by atomic mass is 9.80. The van der Waals surface area contributed by atoms with E-state index in [1.807, 2.05) is 18.2 Å². The molecule has 1 fully saturated rings. The Morgan fingerprint density at radius 3 is 2.52 bits per heavy atom. The molecule has 1 aliphatic rings. The van der Waals surface area contributed by atoms with Crippen molar-refractivity contribution >= 4 is 23.4 Å². The summed E-state index contributed by atoms with van der Waals surface area (Å²) in [5.41, 5.74) is 8.99. The van der Waals surface area contributed by atoms with Gasteiger partial charge in [-0.1, -0.05) is 48.4 Å². The molecule has 2 N–H and O–H groups in total. The Hall–Kier alpha value is -0.960. The van der Waals surface area contributed by atoms with E-state index in [0.29, 0.717) is 0 Å². The fourth-order valence-electron chi connectivity index (χ4n) is 2.60. The van der Waals surface area contributed by atoms with Crippen molar-refractivity contribution in [2.45, 2.75) is 36.1 Å². The van der Waals surface area contributed by atoms with Crippen LogP contribution in [0.15, 0.2) is 53.4 Å². The van der Waals surface area contributed by atoms with E-state index in [9.17, 15) is 0 Å². The Morgan fingerprint density at radius 2 is 1.90 bits per heavy atom. The minimum atomic E-state index is 0.0597. The van der Waals surface area contributed by atoms with E-state index >= 15 is 0 Å². The lowest BCUT2D eigenvalue weighted by Crippen LogP contribution is -2.14. The van der Waals surface area contributed by atoms with Gasteiger partial charge < -0.3 is 5.73 Å². The molecular weight excluding hydrogens is 298 g/mol. The number of hydrogen-bond donors (Lipinski definition) is 1. The molecule has 1 nitrogen and oxygen atoms in total. The topological polar surface area (TPSA) is 26.0 Å². The van der Waals surface area contributed by atoms with Gasteiger partial charge in [-0.2, -0.15) is 0 Å². The standard InChI is InChI=1S/C18H20ClNS/c19-16-5-2-6-17(11-16)21-12-18(20)15-9-7-14(8-10-15)13-3-1-4-13/h2,5-11,13,18H,1,3-4,12,20H2. The van der Waals surface area contributed by atoms with Crippen LogP contribution >= 0.6 is 23.4 Å². The lowest BCUT2D eigenvalue weighted by Gasteiger charge is -2.26. The Bertz CT molecular complexity index is 592. The SMILES string of the molecule is NC(CSc1cccc(Cl)c1)c1ccc(C2CCC2)cc1. The molecule has 0 radical (unpaired) electrons. The third kappa shape index (κ3) is 3.82. The molecule has 1 atom stereocenters. The van der Waals surface area contributed by atoms with E-state index in [-0.39, 0.29) is 6.04 Å². The van der Waals surface area contributed by atoms with Crippen molar-refractivity contribution < 1.29 is 0 Å². The van der Waals surface area contributed by atoms with Crippen LogP contribution < -0.4 is 5.73 Å². The smallest absolute Gasteiger partial charge is 0.0417 e. The van der Waals surface area contributed by atoms with Crippen molar-refractivity contribution in [1.82, 2.24) is 0 Å². The third-order valence-electron chi connectivity index (χ3n) is 4.17. The summed E-state index contributed by atoms with van der Waals surface area (Å²) in [6.07, 6.45) is 4.06. The van der Waals surface area contributed by atoms with Crippen LogP contribution in [0.5, 0.6) is 0 Å². The van der Waals surface area contributed by atoms with Crippen LogP contribution in [0.3, 0.4) is 0 Å². The zero-order valence-corrected chi connectivity index (χ0v) is 13.5. The summed E-state index contributed by atoms with van der Waals surface area (Å²) in [4.78, 5) is 1.17. The molecule has 3 rings (SSSR count). The van der Waals surface area contributed by atoms with Gasteiger partial charge in [-0.3, -0.25) is 0 Å². The normalized spacial score (nSPS) is 16.5. The van der Waals surface area contributed by atoms with Gasteiger partial charge in [0.25, 0.3) is 0 Å². The molecule has 2 aromatic carbocycles. The van der Waals surface area contributed by atoms with E-state index in [2.05, 4.69) is 30.3 Å². The molecule has 0 saturated heterocycles. The first kappa shape index (κ1) is 15.0. The molecule has 3 heteroatoms. The number of rotatable bonds is 5. The molecule has 1 saturated carbocycles. The molecule has 0 aromatic heterocycles. The molecule has 2 aromatic rings. The highest BCUT2D eigenvalue weighted by Gasteiger charge is 2.19. The van der Waals surface area contributed by atoms with Gasteiger partial charge in [0.05, 0.1) is 0 Å². The maximum Gasteiger partial charge on any atom is 0.0417 e. The summed E-state index contributed by atoms with van der Waals surface area (Å²) in [6, 6.07) is 16.9. The Kier molecular flexibility index (Phi) is 4.89. The van der Waals surface area contributed by atoms with Crippen LogP contribution in [-0.4, -0.2) is 5.75 Å². The molecule has 0 aliphatic heterocycles. The average Bonchev–Trinajstić information content (AvgIpc) is 2.44. The fourth-order valence-corrected chi connectivity index (χ4v) is 3.80. The van der Waals surface area contributed by atoms with Gasteiger partial charge >= 0.3 is 0 Å². The lowest BCUT2D eigenvalue weighted by molar-refractivity contribution is 0.419. The van der Waals surface area contributed by atoms with Gasteiger partial charge in [-0.15, -0.1) is 11.8 Å². The van der Waals surface area contributed by atoms with Crippen LogP contribution in [0.1, 0.15) is 42.3 Å². The number of hydrogen-bond acceptors (Lipinski definition) is 2. The van der Waals surface area contributed by atoms with Gasteiger partial charge in [-0.05, 0) is 48.1 Å².